The molecule has 1 atom stereocenters. The first kappa shape index (κ1) is 14.2. The molecule has 0 saturated heterocycles. The predicted octanol–water partition coefficient (Wildman–Crippen LogP) is 3.65. The molecule has 0 aromatic carbocycles. The van der Waals surface area contributed by atoms with Crippen LogP contribution in [-0.4, -0.2) is 4.98 Å². The van der Waals surface area contributed by atoms with E-state index < -0.39 is 5.54 Å². The minimum absolute atomic E-state index is 0.327. The molecule has 0 radical (unpaired) electrons. The highest BCUT2D eigenvalue weighted by Gasteiger charge is 2.27. The third-order valence-corrected chi connectivity index (χ3v) is 4.65. The first-order valence-corrected chi connectivity index (χ1v) is 7.37. The van der Waals surface area contributed by atoms with E-state index in [1.165, 1.54) is 22.0 Å². The molecule has 2 N–H and O–H groups in total. The zero-order valence-electron chi connectivity index (χ0n) is 11.3. The summed E-state index contributed by atoms with van der Waals surface area (Å²) in [5.74, 6) is -0.327. The standard InChI is InChI=1S/C15H19FN2S/c1-3-12-6-7-13(19-12)9-15(17,4-2)14-8-5-11(16)10-18-14/h5-8,10H,3-4,9,17H2,1-2H3. The molecule has 2 aromatic heterocycles. The quantitative estimate of drug-likeness (QED) is 0.906. The SMILES string of the molecule is CCc1ccc(CC(N)(CC)c2ccc(F)cn2)s1. The van der Waals surface area contributed by atoms with E-state index >= 15 is 0 Å². The third-order valence-electron chi connectivity index (χ3n) is 3.42. The number of nitrogens with two attached hydrogens (primary N) is 1. The molecule has 2 nitrogen and oxygen atoms in total. The Bertz CT molecular complexity index is 535. The van der Waals surface area contributed by atoms with E-state index in [2.05, 4.69) is 24.0 Å². The number of hydrogen-bond acceptors (Lipinski definition) is 3. The van der Waals surface area contributed by atoms with Crippen LogP contribution >= 0.6 is 11.3 Å². The predicted molar refractivity (Wildman–Crippen MR) is 77.8 cm³/mol. The molecular formula is C15H19FN2S. The Morgan fingerprint density at radius 3 is 2.47 bits per heavy atom. The van der Waals surface area contributed by atoms with E-state index in [-0.39, 0.29) is 5.82 Å². The summed E-state index contributed by atoms with van der Waals surface area (Å²) in [6.07, 6.45) is 3.79. The van der Waals surface area contributed by atoms with Crippen LogP contribution < -0.4 is 5.73 Å². The molecule has 2 heterocycles. The number of rotatable bonds is 5. The van der Waals surface area contributed by atoms with Crippen LogP contribution in [0.2, 0.25) is 0 Å². The number of thiophene rings is 1. The number of pyridine rings is 1. The maximum atomic E-state index is 13.0. The van der Waals surface area contributed by atoms with Crippen molar-refractivity contribution in [1.29, 1.82) is 0 Å². The molecule has 0 aliphatic heterocycles. The second-order valence-corrected chi connectivity index (χ2v) is 6.02. The number of halogens is 1. The third kappa shape index (κ3) is 3.19. The lowest BCUT2D eigenvalue weighted by Crippen LogP contribution is -2.39. The Hall–Kier alpha value is -1.26. The summed E-state index contributed by atoms with van der Waals surface area (Å²) < 4.78 is 13.0. The van der Waals surface area contributed by atoms with E-state index in [1.807, 2.05) is 6.92 Å². The molecular weight excluding hydrogens is 259 g/mol. The lowest BCUT2D eigenvalue weighted by Gasteiger charge is -2.27. The van der Waals surface area contributed by atoms with Crippen molar-refractivity contribution in [3.63, 3.8) is 0 Å². The highest BCUT2D eigenvalue weighted by molar-refractivity contribution is 7.12. The van der Waals surface area contributed by atoms with Crippen molar-refractivity contribution in [3.05, 3.63) is 51.7 Å². The maximum absolute atomic E-state index is 13.0. The van der Waals surface area contributed by atoms with Gasteiger partial charge in [-0.15, -0.1) is 11.3 Å². The zero-order valence-corrected chi connectivity index (χ0v) is 12.1. The van der Waals surface area contributed by atoms with Crippen molar-refractivity contribution >= 4 is 11.3 Å². The Labute approximate surface area is 117 Å². The maximum Gasteiger partial charge on any atom is 0.141 e. The fraction of sp³-hybridized carbons (Fsp3) is 0.400. The van der Waals surface area contributed by atoms with Crippen molar-refractivity contribution in [2.45, 2.75) is 38.6 Å². The summed E-state index contributed by atoms with van der Waals surface area (Å²) in [5.41, 5.74) is 6.70. The van der Waals surface area contributed by atoms with E-state index in [1.54, 1.807) is 17.4 Å². The van der Waals surface area contributed by atoms with Crippen LogP contribution in [0.1, 0.15) is 35.7 Å². The van der Waals surface area contributed by atoms with E-state index in [0.29, 0.717) is 0 Å². The van der Waals surface area contributed by atoms with Crippen LogP contribution in [-0.2, 0) is 18.4 Å². The number of nitrogens with zero attached hydrogens (tertiary/aromatic N) is 1. The van der Waals surface area contributed by atoms with Gasteiger partial charge in [-0.25, -0.2) is 4.39 Å². The Morgan fingerprint density at radius 1 is 1.21 bits per heavy atom. The normalized spacial score (nSPS) is 14.3. The Kier molecular flexibility index (Phi) is 4.32. The van der Waals surface area contributed by atoms with Crippen LogP contribution in [0.5, 0.6) is 0 Å². The summed E-state index contributed by atoms with van der Waals surface area (Å²) >= 11 is 1.79. The van der Waals surface area contributed by atoms with Crippen molar-refractivity contribution in [2.24, 2.45) is 5.73 Å². The molecule has 19 heavy (non-hydrogen) atoms. The lowest BCUT2D eigenvalue weighted by atomic mass is 9.88. The molecule has 0 aliphatic rings. The number of hydrogen-bond donors (Lipinski definition) is 1. The van der Waals surface area contributed by atoms with Gasteiger partial charge in [0, 0.05) is 16.2 Å². The summed E-state index contributed by atoms with van der Waals surface area (Å²) in [4.78, 5) is 6.77. The molecule has 0 bridgehead atoms. The fourth-order valence-corrected chi connectivity index (χ4v) is 3.17. The monoisotopic (exact) mass is 278 g/mol. The molecule has 2 rings (SSSR count). The van der Waals surface area contributed by atoms with Gasteiger partial charge >= 0.3 is 0 Å². The van der Waals surface area contributed by atoms with E-state index in [0.717, 1.165) is 25.0 Å². The van der Waals surface area contributed by atoms with Gasteiger partial charge in [-0.2, -0.15) is 0 Å². The molecule has 0 spiro atoms. The van der Waals surface area contributed by atoms with Gasteiger partial charge in [0.05, 0.1) is 17.4 Å². The number of aryl methyl sites for hydroxylation is 1. The minimum Gasteiger partial charge on any atom is -0.320 e. The smallest absolute Gasteiger partial charge is 0.141 e. The van der Waals surface area contributed by atoms with Crippen molar-refractivity contribution in [1.82, 2.24) is 4.98 Å². The van der Waals surface area contributed by atoms with Gasteiger partial charge < -0.3 is 5.73 Å². The molecule has 0 saturated carbocycles. The largest absolute Gasteiger partial charge is 0.320 e. The van der Waals surface area contributed by atoms with Gasteiger partial charge in [-0.1, -0.05) is 13.8 Å². The van der Waals surface area contributed by atoms with Crippen molar-refractivity contribution < 1.29 is 4.39 Å². The number of aromatic nitrogens is 1. The fourth-order valence-electron chi connectivity index (χ4n) is 2.09. The first-order valence-electron chi connectivity index (χ1n) is 6.56. The van der Waals surface area contributed by atoms with Gasteiger partial charge in [0.25, 0.3) is 0 Å². The van der Waals surface area contributed by atoms with Gasteiger partial charge in [0.1, 0.15) is 5.82 Å². The van der Waals surface area contributed by atoms with Gasteiger partial charge in [0.15, 0.2) is 0 Å². The summed E-state index contributed by atoms with van der Waals surface area (Å²) in [6.45, 7) is 4.19. The van der Waals surface area contributed by atoms with Crippen LogP contribution in [0.4, 0.5) is 4.39 Å². The summed E-state index contributed by atoms with van der Waals surface area (Å²) in [6, 6.07) is 7.39. The van der Waals surface area contributed by atoms with Gasteiger partial charge in [-0.05, 0) is 37.1 Å². The molecule has 0 amide bonds. The molecule has 0 aliphatic carbocycles. The van der Waals surface area contributed by atoms with Crippen molar-refractivity contribution in [3.8, 4) is 0 Å². The Morgan fingerprint density at radius 2 is 1.95 bits per heavy atom. The average Bonchev–Trinajstić information content (AvgIpc) is 2.86. The van der Waals surface area contributed by atoms with Crippen molar-refractivity contribution in [2.75, 3.05) is 0 Å². The molecule has 102 valence electrons. The zero-order chi connectivity index (χ0) is 13.9. The molecule has 4 heteroatoms. The lowest BCUT2D eigenvalue weighted by molar-refractivity contribution is 0.413. The highest BCUT2D eigenvalue weighted by atomic mass is 32.1. The highest BCUT2D eigenvalue weighted by Crippen LogP contribution is 2.28. The van der Waals surface area contributed by atoms with Crippen LogP contribution in [0.3, 0.4) is 0 Å². The topological polar surface area (TPSA) is 38.9 Å². The molecule has 2 aromatic rings. The van der Waals surface area contributed by atoms with E-state index in [9.17, 15) is 4.39 Å². The van der Waals surface area contributed by atoms with Gasteiger partial charge in [-0.3, -0.25) is 4.98 Å². The van der Waals surface area contributed by atoms with E-state index in [4.69, 9.17) is 5.73 Å². The van der Waals surface area contributed by atoms with Gasteiger partial charge in [0.2, 0.25) is 0 Å². The van der Waals surface area contributed by atoms with Crippen LogP contribution in [0, 0.1) is 5.82 Å². The first-order chi connectivity index (χ1) is 9.07. The summed E-state index contributed by atoms with van der Waals surface area (Å²) in [7, 11) is 0. The van der Waals surface area contributed by atoms with Crippen LogP contribution in [0.25, 0.3) is 0 Å². The average molecular weight is 278 g/mol. The second kappa shape index (κ2) is 5.80. The minimum atomic E-state index is -0.524. The second-order valence-electron chi connectivity index (χ2n) is 4.77. The van der Waals surface area contributed by atoms with Crippen LogP contribution in [0.15, 0.2) is 30.5 Å². The Balaban J connectivity index is 2.24. The molecule has 0 fully saturated rings. The molecule has 1 unspecified atom stereocenters. The summed E-state index contributed by atoms with van der Waals surface area (Å²) in [5, 5.41) is 0.